The van der Waals surface area contributed by atoms with E-state index in [2.05, 4.69) is 20.7 Å². The van der Waals surface area contributed by atoms with Crippen molar-refractivity contribution < 1.29 is 17.9 Å². The molecular weight excluding hydrogens is 369 g/mol. The number of hydrogen-bond donors (Lipinski definition) is 0. The molecule has 1 unspecified atom stereocenters. The molecule has 2 aromatic carbocycles. The van der Waals surface area contributed by atoms with Crippen LogP contribution in [0.1, 0.15) is 21.5 Å². The van der Waals surface area contributed by atoms with Gasteiger partial charge in [-0.05, 0) is 30.2 Å². The van der Waals surface area contributed by atoms with Crippen molar-refractivity contribution in [3.63, 3.8) is 0 Å². The summed E-state index contributed by atoms with van der Waals surface area (Å²) in [6.07, 6.45) is 0. The quantitative estimate of drug-likeness (QED) is 0.603. The van der Waals surface area contributed by atoms with Gasteiger partial charge in [0, 0.05) is 10.6 Å². The van der Waals surface area contributed by atoms with E-state index in [9.17, 15) is 13.2 Å². The number of ether oxygens (including phenoxy) is 1. The van der Waals surface area contributed by atoms with Crippen LogP contribution in [0.3, 0.4) is 0 Å². The molecule has 0 saturated carbocycles. The van der Waals surface area contributed by atoms with Crippen LogP contribution in [0.2, 0.25) is 5.02 Å². The zero-order valence-electron chi connectivity index (χ0n) is 10.9. The lowest BCUT2D eigenvalue weighted by Crippen LogP contribution is -2.06. The summed E-state index contributed by atoms with van der Waals surface area (Å²) in [4.78, 5) is -0.487. The fourth-order valence-electron chi connectivity index (χ4n) is 1.93. The topological polar surface area (TPSA) is 9.23 Å². The van der Waals surface area contributed by atoms with Crippen LogP contribution in [-0.2, 0) is 0 Å². The Bertz CT molecular complexity index is 649. The van der Waals surface area contributed by atoms with E-state index in [-0.39, 0.29) is 10.8 Å². The molecule has 6 heteroatoms. The second-order valence-corrected chi connectivity index (χ2v) is 5.72. The van der Waals surface area contributed by atoms with Crippen LogP contribution in [0.5, 0.6) is 5.75 Å². The van der Waals surface area contributed by atoms with Gasteiger partial charge in [-0.25, -0.2) is 4.39 Å². The van der Waals surface area contributed by atoms with E-state index in [1.165, 1.54) is 12.1 Å². The van der Waals surface area contributed by atoms with Gasteiger partial charge in [0.25, 0.3) is 0 Å². The third kappa shape index (κ3) is 3.71. The van der Waals surface area contributed by atoms with Gasteiger partial charge in [-0.15, -0.1) is 0 Å². The molecule has 1 nitrogen and oxygen atoms in total. The summed E-state index contributed by atoms with van der Waals surface area (Å²) >= 11 is 9.46. The maximum absolute atomic E-state index is 13.5. The third-order valence-corrected chi connectivity index (χ3v) is 4.27. The van der Waals surface area contributed by atoms with Crippen molar-refractivity contribution in [1.29, 1.82) is 0 Å². The van der Waals surface area contributed by atoms with Crippen LogP contribution in [0.4, 0.5) is 13.2 Å². The van der Waals surface area contributed by atoms with Crippen molar-refractivity contribution in [1.82, 2.24) is 0 Å². The number of rotatable bonds is 4. The monoisotopic (exact) mass is 378 g/mol. The average Bonchev–Trinajstić information content (AvgIpc) is 2.42. The van der Waals surface area contributed by atoms with Crippen LogP contribution in [0.25, 0.3) is 0 Å². The van der Waals surface area contributed by atoms with E-state index in [1.807, 2.05) is 0 Å². The molecule has 2 rings (SSSR count). The molecule has 0 bridgehead atoms. The van der Waals surface area contributed by atoms with E-state index in [4.69, 9.17) is 11.6 Å². The molecule has 0 aliphatic carbocycles. The molecular formula is C15H11BrClF3O. The summed E-state index contributed by atoms with van der Waals surface area (Å²) in [5.41, 5.74) is 1.50. The van der Waals surface area contributed by atoms with Gasteiger partial charge >= 0.3 is 6.61 Å². The standard InChI is InChI=1S/C15H11BrClF3O/c1-8-6-10(11(17)7-12(8)18)14(16)9-4-2-3-5-13(9)21-15(19)20/h2-7,14-15H,1H3. The molecule has 0 fully saturated rings. The van der Waals surface area contributed by atoms with Gasteiger partial charge in [0.2, 0.25) is 0 Å². The minimum absolute atomic E-state index is 0.0485. The molecule has 0 amide bonds. The Hall–Kier alpha value is -1.20. The summed E-state index contributed by atoms with van der Waals surface area (Å²) < 4.78 is 42.9. The van der Waals surface area contributed by atoms with Crippen LogP contribution in [0, 0.1) is 12.7 Å². The Morgan fingerprint density at radius 2 is 1.81 bits per heavy atom. The van der Waals surface area contributed by atoms with Crippen molar-refractivity contribution in [3.05, 3.63) is 63.9 Å². The van der Waals surface area contributed by atoms with Crippen LogP contribution < -0.4 is 4.74 Å². The van der Waals surface area contributed by atoms with E-state index in [1.54, 1.807) is 31.2 Å². The molecule has 0 heterocycles. The molecule has 0 spiro atoms. The normalized spacial score (nSPS) is 12.5. The average molecular weight is 380 g/mol. The van der Waals surface area contributed by atoms with Gasteiger partial charge in [0.15, 0.2) is 0 Å². The maximum Gasteiger partial charge on any atom is 0.387 e. The molecule has 0 aliphatic rings. The zero-order chi connectivity index (χ0) is 15.6. The van der Waals surface area contributed by atoms with Crippen molar-refractivity contribution >= 4 is 27.5 Å². The van der Waals surface area contributed by atoms with E-state index < -0.39 is 17.3 Å². The SMILES string of the molecule is Cc1cc(C(Br)c2ccccc2OC(F)F)c(Cl)cc1F. The van der Waals surface area contributed by atoms with Gasteiger partial charge in [0.1, 0.15) is 11.6 Å². The first-order valence-electron chi connectivity index (χ1n) is 6.03. The summed E-state index contributed by atoms with van der Waals surface area (Å²) in [6.45, 7) is -1.31. The lowest BCUT2D eigenvalue weighted by molar-refractivity contribution is -0.0503. The Morgan fingerprint density at radius 1 is 1.14 bits per heavy atom. The highest BCUT2D eigenvalue weighted by atomic mass is 79.9. The lowest BCUT2D eigenvalue weighted by atomic mass is 10.0. The van der Waals surface area contributed by atoms with Crippen LogP contribution in [-0.4, -0.2) is 6.61 Å². The first-order chi connectivity index (χ1) is 9.90. The second kappa shape index (κ2) is 6.71. The molecule has 112 valence electrons. The molecule has 0 aromatic heterocycles. The number of halogens is 5. The lowest BCUT2D eigenvalue weighted by Gasteiger charge is -2.17. The van der Waals surface area contributed by atoms with Crippen LogP contribution >= 0.6 is 27.5 Å². The molecule has 0 aliphatic heterocycles. The first kappa shape index (κ1) is 16.2. The summed E-state index contributed by atoms with van der Waals surface area (Å²) in [5.74, 6) is -0.368. The second-order valence-electron chi connectivity index (χ2n) is 4.40. The molecule has 2 aromatic rings. The fourth-order valence-corrected chi connectivity index (χ4v) is 3.08. The van der Waals surface area contributed by atoms with Crippen molar-refractivity contribution in [2.24, 2.45) is 0 Å². The largest absolute Gasteiger partial charge is 0.434 e. The summed E-state index contributed by atoms with van der Waals surface area (Å²) in [6, 6.07) is 9.17. The smallest absolute Gasteiger partial charge is 0.387 e. The molecule has 1 atom stereocenters. The van der Waals surface area contributed by atoms with Crippen LogP contribution in [0.15, 0.2) is 36.4 Å². The summed E-state index contributed by atoms with van der Waals surface area (Å²) in [7, 11) is 0. The third-order valence-electron chi connectivity index (χ3n) is 2.96. The number of para-hydroxylation sites is 1. The van der Waals surface area contributed by atoms with Gasteiger partial charge in [-0.1, -0.05) is 51.8 Å². The highest BCUT2D eigenvalue weighted by Gasteiger charge is 2.20. The number of benzene rings is 2. The van der Waals surface area contributed by atoms with E-state index in [0.29, 0.717) is 16.7 Å². The van der Waals surface area contributed by atoms with Gasteiger partial charge in [0.05, 0.1) is 4.83 Å². The zero-order valence-corrected chi connectivity index (χ0v) is 13.3. The van der Waals surface area contributed by atoms with E-state index >= 15 is 0 Å². The molecule has 0 saturated heterocycles. The minimum atomic E-state index is -2.92. The number of aryl methyl sites for hydroxylation is 1. The Balaban J connectivity index is 2.45. The number of hydrogen-bond acceptors (Lipinski definition) is 1. The predicted octanol–water partition coefficient (Wildman–Crippen LogP) is 5.87. The van der Waals surface area contributed by atoms with E-state index in [0.717, 1.165) is 0 Å². The molecule has 0 radical (unpaired) electrons. The maximum atomic E-state index is 13.5. The molecule has 0 N–H and O–H groups in total. The van der Waals surface area contributed by atoms with Gasteiger partial charge < -0.3 is 4.74 Å². The van der Waals surface area contributed by atoms with Gasteiger partial charge in [-0.3, -0.25) is 0 Å². The number of alkyl halides is 3. The highest BCUT2D eigenvalue weighted by molar-refractivity contribution is 9.09. The molecule has 21 heavy (non-hydrogen) atoms. The van der Waals surface area contributed by atoms with Crippen molar-refractivity contribution in [2.45, 2.75) is 18.4 Å². The first-order valence-corrected chi connectivity index (χ1v) is 7.33. The Kier molecular flexibility index (Phi) is 5.17. The highest BCUT2D eigenvalue weighted by Crippen LogP contribution is 2.40. The fraction of sp³-hybridized carbons (Fsp3) is 0.200. The van der Waals surface area contributed by atoms with Gasteiger partial charge in [-0.2, -0.15) is 8.78 Å². The summed E-state index contributed by atoms with van der Waals surface area (Å²) in [5, 5.41) is 0.215. The predicted molar refractivity (Wildman–Crippen MR) is 80.0 cm³/mol. The minimum Gasteiger partial charge on any atom is -0.434 e. The van der Waals surface area contributed by atoms with Crippen molar-refractivity contribution in [3.8, 4) is 5.75 Å². The van der Waals surface area contributed by atoms with Crippen molar-refractivity contribution in [2.75, 3.05) is 0 Å². The Labute approximate surface area is 133 Å². The Morgan fingerprint density at radius 3 is 2.48 bits per heavy atom.